The van der Waals surface area contributed by atoms with Gasteiger partial charge in [-0.25, -0.2) is 0 Å². The maximum atomic E-state index is 11.7. The molecular formula is C13H17N3O3. The van der Waals surface area contributed by atoms with E-state index in [0.29, 0.717) is 12.1 Å². The van der Waals surface area contributed by atoms with Crippen LogP contribution in [0.2, 0.25) is 0 Å². The van der Waals surface area contributed by atoms with Crippen molar-refractivity contribution in [1.29, 1.82) is 0 Å². The van der Waals surface area contributed by atoms with Crippen LogP contribution in [0.4, 0.5) is 0 Å². The Morgan fingerprint density at radius 2 is 2.26 bits per heavy atom. The Labute approximate surface area is 111 Å². The Hall–Kier alpha value is -1.92. The third-order valence-electron chi connectivity index (χ3n) is 3.03. The van der Waals surface area contributed by atoms with Crippen molar-refractivity contribution in [2.75, 3.05) is 19.8 Å². The minimum absolute atomic E-state index is 0.0756. The fraction of sp³-hybridized carbons (Fsp3) is 0.385. The molecular weight excluding hydrogens is 246 g/mol. The zero-order valence-electron chi connectivity index (χ0n) is 10.5. The number of amides is 2. The van der Waals surface area contributed by atoms with Crippen LogP contribution in [0.25, 0.3) is 0 Å². The van der Waals surface area contributed by atoms with Crippen LogP contribution in [0, 0.1) is 0 Å². The molecule has 6 nitrogen and oxygen atoms in total. The van der Waals surface area contributed by atoms with Crippen molar-refractivity contribution >= 4 is 11.8 Å². The van der Waals surface area contributed by atoms with Gasteiger partial charge in [0, 0.05) is 12.1 Å². The number of carbonyl (C=O) groups excluding carboxylic acids is 2. The summed E-state index contributed by atoms with van der Waals surface area (Å²) in [5, 5.41) is 2.79. The van der Waals surface area contributed by atoms with E-state index in [0.717, 1.165) is 17.5 Å². The van der Waals surface area contributed by atoms with Gasteiger partial charge >= 0.3 is 0 Å². The number of ether oxygens (including phenoxy) is 1. The minimum Gasteiger partial charge on any atom is -0.370 e. The molecule has 19 heavy (non-hydrogen) atoms. The first kappa shape index (κ1) is 13.5. The molecule has 2 amide bonds. The highest BCUT2D eigenvalue weighted by molar-refractivity contribution is 5.96. The lowest BCUT2D eigenvalue weighted by atomic mass is 9.95. The fourth-order valence-corrected chi connectivity index (χ4v) is 2.04. The molecule has 2 rings (SSSR count). The second kappa shape index (κ2) is 5.81. The largest absolute Gasteiger partial charge is 0.370 e. The van der Waals surface area contributed by atoms with Crippen molar-refractivity contribution in [3.05, 3.63) is 34.9 Å². The van der Waals surface area contributed by atoms with Crippen LogP contribution in [0.1, 0.15) is 27.5 Å². The molecule has 0 radical (unpaired) electrons. The van der Waals surface area contributed by atoms with Gasteiger partial charge in [-0.15, -0.1) is 0 Å². The van der Waals surface area contributed by atoms with E-state index in [9.17, 15) is 9.59 Å². The van der Waals surface area contributed by atoms with Gasteiger partial charge in [0.25, 0.3) is 5.91 Å². The molecule has 0 saturated carbocycles. The highest BCUT2D eigenvalue weighted by Gasteiger charge is 2.18. The molecule has 102 valence electrons. The monoisotopic (exact) mass is 263 g/mol. The summed E-state index contributed by atoms with van der Waals surface area (Å²) in [7, 11) is 0. The van der Waals surface area contributed by atoms with Gasteiger partial charge in [-0.1, -0.05) is 12.1 Å². The van der Waals surface area contributed by atoms with Crippen LogP contribution in [-0.4, -0.2) is 31.6 Å². The Kier molecular flexibility index (Phi) is 4.13. The van der Waals surface area contributed by atoms with Crippen LogP contribution in [-0.2, 0) is 16.0 Å². The number of primary amides is 1. The fourth-order valence-electron chi connectivity index (χ4n) is 2.04. The predicted molar refractivity (Wildman–Crippen MR) is 69.4 cm³/mol. The molecule has 1 atom stereocenters. The Bertz CT molecular complexity index is 502. The summed E-state index contributed by atoms with van der Waals surface area (Å²) in [6.45, 7) is 0.696. The van der Waals surface area contributed by atoms with Crippen molar-refractivity contribution < 1.29 is 14.3 Å². The van der Waals surface area contributed by atoms with E-state index in [1.165, 1.54) is 0 Å². The van der Waals surface area contributed by atoms with Gasteiger partial charge in [0.15, 0.2) is 0 Å². The van der Waals surface area contributed by atoms with Crippen LogP contribution in [0.3, 0.4) is 0 Å². The van der Waals surface area contributed by atoms with E-state index in [1.807, 2.05) is 12.1 Å². The van der Waals surface area contributed by atoms with E-state index in [1.54, 1.807) is 6.07 Å². The van der Waals surface area contributed by atoms with Gasteiger partial charge in [-0.2, -0.15) is 0 Å². The van der Waals surface area contributed by atoms with Gasteiger partial charge in [-0.05, 0) is 23.6 Å². The third kappa shape index (κ3) is 3.30. The summed E-state index contributed by atoms with van der Waals surface area (Å²) in [6.07, 6.45) is 0.828. The number of benzene rings is 1. The molecule has 0 aliphatic carbocycles. The number of rotatable bonds is 5. The average molecular weight is 263 g/mol. The summed E-state index contributed by atoms with van der Waals surface area (Å²) >= 11 is 0. The third-order valence-corrected chi connectivity index (χ3v) is 3.03. The summed E-state index contributed by atoms with van der Waals surface area (Å²) in [4.78, 5) is 22.3. The highest BCUT2D eigenvalue weighted by Crippen LogP contribution is 2.19. The summed E-state index contributed by atoms with van der Waals surface area (Å²) in [5.74, 6) is -0.606. The molecule has 0 aromatic heterocycles. The first-order valence-electron chi connectivity index (χ1n) is 6.10. The van der Waals surface area contributed by atoms with Gasteiger partial charge < -0.3 is 21.5 Å². The number of nitrogens with one attached hydrogen (secondary N) is 1. The van der Waals surface area contributed by atoms with Crippen molar-refractivity contribution in [2.24, 2.45) is 11.5 Å². The Balaban J connectivity index is 2.06. The minimum atomic E-state index is -0.531. The molecule has 1 aromatic rings. The summed E-state index contributed by atoms with van der Waals surface area (Å²) in [5.41, 5.74) is 13.4. The van der Waals surface area contributed by atoms with Crippen LogP contribution >= 0.6 is 0 Å². The molecule has 5 N–H and O–H groups in total. The molecule has 1 aliphatic heterocycles. The predicted octanol–water partition coefficient (Wildman–Crippen LogP) is -0.526. The second-order valence-corrected chi connectivity index (χ2v) is 4.51. The highest BCUT2D eigenvalue weighted by atomic mass is 16.5. The van der Waals surface area contributed by atoms with Gasteiger partial charge in [0.1, 0.15) is 6.61 Å². The zero-order chi connectivity index (χ0) is 13.8. The standard InChI is InChI=1S/C13H17N3O3/c14-11(6-19-7-12(15)17)9-2-1-8-3-4-16-13(18)10(8)5-9/h1-2,5,11H,3-4,6-7,14H2,(H2,15,17)(H,16,18). The van der Waals surface area contributed by atoms with Gasteiger partial charge in [-0.3, -0.25) is 9.59 Å². The molecule has 0 saturated heterocycles. The van der Waals surface area contributed by atoms with Crippen molar-refractivity contribution in [1.82, 2.24) is 5.32 Å². The van der Waals surface area contributed by atoms with Crippen molar-refractivity contribution in [2.45, 2.75) is 12.5 Å². The first-order chi connectivity index (χ1) is 9.08. The number of hydrogen-bond acceptors (Lipinski definition) is 4. The van der Waals surface area contributed by atoms with Crippen LogP contribution < -0.4 is 16.8 Å². The molecule has 0 bridgehead atoms. The molecule has 0 fully saturated rings. The van der Waals surface area contributed by atoms with E-state index >= 15 is 0 Å². The molecule has 6 heteroatoms. The summed E-state index contributed by atoms with van der Waals surface area (Å²) < 4.78 is 5.08. The lowest BCUT2D eigenvalue weighted by Gasteiger charge is -2.19. The SMILES string of the molecule is NC(=O)COCC(N)c1ccc2c(c1)C(=O)NCC2. The molecule has 1 unspecified atom stereocenters. The molecule has 1 heterocycles. The van der Waals surface area contributed by atoms with E-state index in [-0.39, 0.29) is 25.2 Å². The number of carbonyl (C=O) groups is 2. The van der Waals surface area contributed by atoms with E-state index < -0.39 is 5.91 Å². The Morgan fingerprint density at radius 3 is 3.00 bits per heavy atom. The quantitative estimate of drug-likeness (QED) is 0.664. The first-order valence-corrected chi connectivity index (χ1v) is 6.10. The molecule has 0 spiro atoms. The van der Waals surface area contributed by atoms with E-state index in [4.69, 9.17) is 16.2 Å². The lowest BCUT2D eigenvalue weighted by molar-refractivity contribution is -0.122. The van der Waals surface area contributed by atoms with Crippen molar-refractivity contribution in [3.8, 4) is 0 Å². The maximum Gasteiger partial charge on any atom is 0.251 e. The second-order valence-electron chi connectivity index (χ2n) is 4.51. The number of fused-ring (bicyclic) bond motifs is 1. The normalized spacial score (nSPS) is 15.5. The number of hydrogen-bond donors (Lipinski definition) is 3. The maximum absolute atomic E-state index is 11.7. The smallest absolute Gasteiger partial charge is 0.251 e. The van der Waals surface area contributed by atoms with E-state index in [2.05, 4.69) is 5.32 Å². The topological polar surface area (TPSA) is 107 Å². The number of nitrogens with two attached hydrogens (primary N) is 2. The zero-order valence-corrected chi connectivity index (χ0v) is 10.5. The van der Waals surface area contributed by atoms with Gasteiger partial charge in [0.2, 0.25) is 5.91 Å². The van der Waals surface area contributed by atoms with Crippen molar-refractivity contribution in [3.63, 3.8) is 0 Å². The summed E-state index contributed by atoms with van der Waals surface area (Å²) in [6, 6.07) is 5.19. The van der Waals surface area contributed by atoms with Crippen LogP contribution in [0.15, 0.2) is 18.2 Å². The Morgan fingerprint density at radius 1 is 1.47 bits per heavy atom. The molecule has 1 aliphatic rings. The van der Waals surface area contributed by atoms with Crippen LogP contribution in [0.5, 0.6) is 0 Å². The van der Waals surface area contributed by atoms with Gasteiger partial charge in [0.05, 0.1) is 12.6 Å². The molecule has 1 aromatic carbocycles. The lowest BCUT2D eigenvalue weighted by Crippen LogP contribution is -2.32. The average Bonchev–Trinajstić information content (AvgIpc) is 2.38.